The van der Waals surface area contributed by atoms with Crippen molar-refractivity contribution >= 4 is 33.7 Å². The fourth-order valence-electron chi connectivity index (χ4n) is 2.74. The monoisotopic (exact) mass is 365 g/mol. The molecule has 1 atom stereocenters. The van der Waals surface area contributed by atoms with E-state index in [4.69, 9.17) is 4.74 Å². The number of fused-ring (bicyclic) bond motifs is 1. The summed E-state index contributed by atoms with van der Waals surface area (Å²) in [5.41, 5.74) is 0.937. The van der Waals surface area contributed by atoms with Gasteiger partial charge in [0, 0.05) is 17.8 Å². The van der Waals surface area contributed by atoms with Crippen molar-refractivity contribution in [3.8, 4) is 5.75 Å². The number of ether oxygens (including phenoxy) is 1. The number of amides is 1. The van der Waals surface area contributed by atoms with E-state index in [1.807, 2.05) is 42.5 Å². The van der Waals surface area contributed by atoms with Crippen LogP contribution in [-0.2, 0) is 4.79 Å². The second-order valence-corrected chi connectivity index (χ2v) is 6.06. The van der Waals surface area contributed by atoms with E-state index in [-0.39, 0.29) is 17.3 Å². The number of non-ortho nitro benzene ring substituents is 1. The van der Waals surface area contributed by atoms with Crippen molar-refractivity contribution in [2.24, 2.45) is 0 Å². The lowest BCUT2D eigenvalue weighted by molar-refractivity contribution is -0.384. The van der Waals surface area contributed by atoms with Crippen LogP contribution in [0.4, 0.5) is 17.1 Å². The predicted molar refractivity (Wildman–Crippen MR) is 105 cm³/mol. The number of nitrogens with zero attached hydrogens (tertiary/aromatic N) is 1. The number of rotatable bonds is 6. The quantitative estimate of drug-likeness (QED) is 0.504. The largest absolute Gasteiger partial charge is 0.495 e. The Bertz CT molecular complexity index is 1000. The zero-order valence-corrected chi connectivity index (χ0v) is 14.9. The number of nitro groups is 1. The van der Waals surface area contributed by atoms with E-state index in [0.717, 1.165) is 16.5 Å². The fraction of sp³-hybridized carbons (Fsp3) is 0.150. The van der Waals surface area contributed by atoms with Gasteiger partial charge in [-0.3, -0.25) is 14.9 Å². The molecule has 3 rings (SSSR count). The number of anilines is 2. The Labute approximate surface area is 156 Å². The molecule has 0 aliphatic heterocycles. The Morgan fingerprint density at radius 2 is 1.81 bits per heavy atom. The van der Waals surface area contributed by atoms with Crippen molar-refractivity contribution in [2.75, 3.05) is 17.7 Å². The molecule has 7 nitrogen and oxygen atoms in total. The molecule has 0 radical (unpaired) electrons. The maximum atomic E-state index is 12.5. The summed E-state index contributed by atoms with van der Waals surface area (Å²) < 4.78 is 5.17. The Morgan fingerprint density at radius 1 is 1.07 bits per heavy atom. The molecule has 0 unspecified atom stereocenters. The van der Waals surface area contributed by atoms with Crippen molar-refractivity contribution < 1.29 is 14.5 Å². The Hall–Kier alpha value is -3.61. The molecule has 27 heavy (non-hydrogen) atoms. The maximum Gasteiger partial charge on any atom is 0.271 e. The summed E-state index contributed by atoms with van der Waals surface area (Å²) in [4.78, 5) is 23.0. The topological polar surface area (TPSA) is 93.5 Å². The molecule has 0 aliphatic carbocycles. The molecule has 0 saturated carbocycles. The van der Waals surface area contributed by atoms with Crippen LogP contribution in [0, 0.1) is 10.1 Å². The highest BCUT2D eigenvalue weighted by Crippen LogP contribution is 2.29. The first kappa shape index (κ1) is 18.2. The van der Waals surface area contributed by atoms with Gasteiger partial charge < -0.3 is 15.4 Å². The van der Waals surface area contributed by atoms with E-state index in [1.165, 1.54) is 25.3 Å². The molecular formula is C20H19N3O4. The lowest BCUT2D eigenvalue weighted by Crippen LogP contribution is -2.32. The highest BCUT2D eigenvalue weighted by Gasteiger charge is 2.17. The highest BCUT2D eigenvalue weighted by atomic mass is 16.6. The first-order chi connectivity index (χ1) is 13.0. The molecule has 0 bridgehead atoms. The second-order valence-electron chi connectivity index (χ2n) is 6.06. The number of nitrogens with one attached hydrogen (secondary N) is 2. The van der Waals surface area contributed by atoms with Crippen LogP contribution in [0.3, 0.4) is 0 Å². The molecule has 7 heteroatoms. The molecule has 0 fully saturated rings. The lowest BCUT2D eigenvalue weighted by atomic mass is 10.1. The average Bonchev–Trinajstić information content (AvgIpc) is 2.67. The summed E-state index contributed by atoms with van der Waals surface area (Å²) in [6.07, 6.45) is 0. The molecule has 1 amide bonds. The van der Waals surface area contributed by atoms with Crippen LogP contribution < -0.4 is 15.4 Å². The van der Waals surface area contributed by atoms with E-state index in [0.29, 0.717) is 5.75 Å². The summed E-state index contributed by atoms with van der Waals surface area (Å²) in [6.45, 7) is 1.72. The summed E-state index contributed by atoms with van der Waals surface area (Å²) in [7, 11) is 1.44. The van der Waals surface area contributed by atoms with Gasteiger partial charge in [0.1, 0.15) is 11.8 Å². The minimum absolute atomic E-state index is 0.124. The van der Waals surface area contributed by atoms with Crippen LogP contribution in [0.5, 0.6) is 5.75 Å². The van der Waals surface area contributed by atoms with Crippen LogP contribution in [-0.4, -0.2) is 24.0 Å². The van der Waals surface area contributed by atoms with Gasteiger partial charge in [-0.05, 0) is 35.9 Å². The van der Waals surface area contributed by atoms with Gasteiger partial charge >= 0.3 is 0 Å². The van der Waals surface area contributed by atoms with E-state index >= 15 is 0 Å². The normalized spacial score (nSPS) is 11.6. The molecule has 0 saturated heterocycles. The van der Waals surface area contributed by atoms with Gasteiger partial charge in [-0.1, -0.05) is 30.3 Å². The van der Waals surface area contributed by atoms with Gasteiger partial charge in [-0.25, -0.2) is 0 Å². The number of nitro benzene ring substituents is 1. The second kappa shape index (κ2) is 7.74. The van der Waals surface area contributed by atoms with Crippen LogP contribution in [0.25, 0.3) is 10.8 Å². The summed E-state index contributed by atoms with van der Waals surface area (Å²) in [6, 6.07) is 17.3. The smallest absolute Gasteiger partial charge is 0.271 e. The fourth-order valence-corrected chi connectivity index (χ4v) is 2.74. The summed E-state index contributed by atoms with van der Waals surface area (Å²) in [5.74, 6) is 0.0220. The van der Waals surface area contributed by atoms with Crippen molar-refractivity contribution in [1.29, 1.82) is 0 Å². The van der Waals surface area contributed by atoms with Crippen molar-refractivity contribution in [2.45, 2.75) is 13.0 Å². The number of carbonyl (C=O) groups is 1. The van der Waals surface area contributed by atoms with Crippen LogP contribution in [0.15, 0.2) is 60.7 Å². The predicted octanol–water partition coefficient (Wildman–Crippen LogP) is 4.20. The molecule has 0 heterocycles. The maximum absolute atomic E-state index is 12.5. The van der Waals surface area contributed by atoms with Gasteiger partial charge in [-0.15, -0.1) is 0 Å². The number of hydrogen-bond donors (Lipinski definition) is 2. The zero-order valence-electron chi connectivity index (χ0n) is 14.9. The molecular weight excluding hydrogens is 346 g/mol. The molecule has 3 aromatic rings. The van der Waals surface area contributed by atoms with Gasteiger partial charge in [0.15, 0.2) is 0 Å². The van der Waals surface area contributed by atoms with Crippen molar-refractivity contribution in [3.05, 3.63) is 70.8 Å². The first-order valence-corrected chi connectivity index (χ1v) is 8.36. The average molecular weight is 365 g/mol. The van der Waals surface area contributed by atoms with E-state index in [1.54, 1.807) is 6.92 Å². The summed E-state index contributed by atoms with van der Waals surface area (Å²) in [5, 5.41) is 19.0. The van der Waals surface area contributed by atoms with Crippen LogP contribution in [0.1, 0.15) is 6.92 Å². The van der Waals surface area contributed by atoms with Crippen molar-refractivity contribution in [3.63, 3.8) is 0 Å². The van der Waals surface area contributed by atoms with Gasteiger partial charge in [0.2, 0.25) is 5.91 Å². The Balaban J connectivity index is 1.75. The van der Waals surface area contributed by atoms with Crippen molar-refractivity contribution in [1.82, 2.24) is 0 Å². The zero-order chi connectivity index (χ0) is 19.4. The van der Waals surface area contributed by atoms with Crippen LogP contribution in [0.2, 0.25) is 0 Å². The molecule has 0 spiro atoms. The summed E-state index contributed by atoms with van der Waals surface area (Å²) >= 11 is 0. The van der Waals surface area contributed by atoms with E-state index < -0.39 is 11.0 Å². The van der Waals surface area contributed by atoms with Gasteiger partial charge in [0.25, 0.3) is 5.69 Å². The molecule has 3 aromatic carbocycles. The van der Waals surface area contributed by atoms with E-state index in [2.05, 4.69) is 10.6 Å². The first-order valence-electron chi connectivity index (χ1n) is 8.36. The van der Waals surface area contributed by atoms with Gasteiger partial charge in [-0.2, -0.15) is 0 Å². The molecule has 0 aromatic heterocycles. The molecule has 0 aliphatic rings. The minimum atomic E-state index is -0.560. The Morgan fingerprint density at radius 3 is 2.52 bits per heavy atom. The van der Waals surface area contributed by atoms with Gasteiger partial charge in [0.05, 0.1) is 17.7 Å². The van der Waals surface area contributed by atoms with E-state index in [9.17, 15) is 14.9 Å². The minimum Gasteiger partial charge on any atom is -0.495 e. The number of benzene rings is 3. The Kier molecular flexibility index (Phi) is 5.21. The highest BCUT2D eigenvalue weighted by molar-refractivity contribution is 5.98. The molecule has 2 N–H and O–H groups in total. The number of methoxy groups -OCH3 is 1. The number of hydrogen-bond acceptors (Lipinski definition) is 5. The standard InChI is InChI=1S/C20H19N3O4/c1-13(21-16-8-7-14-5-3-4-6-15(14)11-16)20(24)22-18-12-17(23(25)26)9-10-19(18)27-2/h3-13,21H,1-2H3,(H,22,24)/t13-/m0/s1. The molecule has 138 valence electrons. The SMILES string of the molecule is COc1ccc([N+](=O)[O-])cc1NC(=O)[C@H](C)Nc1ccc2ccccc2c1. The lowest BCUT2D eigenvalue weighted by Gasteiger charge is -2.17. The number of carbonyl (C=O) groups excluding carboxylic acids is 1. The van der Waals surface area contributed by atoms with Crippen LogP contribution >= 0.6 is 0 Å². The third-order valence-electron chi connectivity index (χ3n) is 4.18. The third kappa shape index (κ3) is 4.14. The third-order valence-corrected chi connectivity index (χ3v) is 4.18.